The molecule has 3 heterocycles. The zero-order valence-corrected chi connectivity index (χ0v) is 16.3. The van der Waals surface area contributed by atoms with Crippen molar-refractivity contribution in [1.82, 2.24) is 24.8 Å². The normalized spacial score (nSPS) is 17.0. The molecule has 1 aliphatic heterocycles. The molecule has 150 valence electrons. The van der Waals surface area contributed by atoms with Crippen molar-refractivity contribution in [3.05, 3.63) is 41.3 Å². The van der Waals surface area contributed by atoms with Gasteiger partial charge in [0.25, 0.3) is 5.89 Å². The fourth-order valence-electron chi connectivity index (χ4n) is 4.45. The fraction of sp³-hybridized carbons (Fsp3) is 0.429. The topological polar surface area (TPSA) is 77.1 Å². The maximum Gasteiger partial charge on any atom is 0.279 e. The molecule has 2 aliphatic rings. The number of aromatic nitrogens is 4. The Labute approximate surface area is 167 Å². The van der Waals surface area contributed by atoms with E-state index in [1.165, 1.54) is 12.1 Å². The summed E-state index contributed by atoms with van der Waals surface area (Å²) < 4.78 is 20.8. The van der Waals surface area contributed by atoms with Crippen LogP contribution in [-0.4, -0.2) is 37.3 Å². The van der Waals surface area contributed by atoms with Gasteiger partial charge in [0, 0.05) is 49.3 Å². The zero-order chi connectivity index (χ0) is 20.0. The molecule has 0 bridgehead atoms. The maximum absolute atomic E-state index is 13.5. The summed E-state index contributed by atoms with van der Waals surface area (Å²) in [6, 6.07) is 6.07. The molecule has 8 heteroatoms. The van der Waals surface area contributed by atoms with E-state index in [1.807, 2.05) is 16.6 Å². The number of amides is 1. The second-order valence-corrected chi connectivity index (χ2v) is 7.82. The number of aryl methyl sites for hydroxylation is 1. The van der Waals surface area contributed by atoms with Crippen LogP contribution < -0.4 is 0 Å². The smallest absolute Gasteiger partial charge is 0.279 e. The number of carbonyl (C=O) groups is 1. The first-order valence-electron chi connectivity index (χ1n) is 10.0. The molecule has 1 saturated carbocycles. The van der Waals surface area contributed by atoms with E-state index in [0.717, 1.165) is 43.4 Å². The molecule has 29 heavy (non-hydrogen) atoms. The van der Waals surface area contributed by atoms with E-state index in [-0.39, 0.29) is 23.5 Å². The summed E-state index contributed by atoms with van der Waals surface area (Å²) in [5.41, 5.74) is 3.19. The molecule has 0 atom stereocenters. The van der Waals surface area contributed by atoms with Crippen LogP contribution in [0.5, 0.6) is 0 Å². The van der Waals surface area contributed by atoms with Crippen LogP contribution in [0.3, 0.4) is 0 Å². The lowest BCUT2D eigenvalue weighted by Gasteiger charge is -2.29. The minimum absolute atomic E-state index is 0.152. The van der Waals surface area contributed by atoms with Gasteiger partial charge in [0.15, 0.2) is 5.69 Å². The lowest BCUT2D eigenvalue weighted by Crippen LogP contribution is -2.39. The molecule has 2 aromatic heterocycles. The van der Waals surface area contributed by atoms with Crippen LogP contribution in [0.1, 0.15) is 36.9 Å². The third-order valence-corrected chi connectivity index (χ3v) is 5.97. The van der Waals surface area contributed by atoms with Crippen molar-refractivity contribution < 1.29 is 13.7 Å². The number of carbonyl (C=O) groups excluding carboxylic acids is 1. The summed E-state index contributed by atoms with van der Waals surface area (Å²) >= 11 is 0. The van der Waals surface area contributed by atoms with E-state index < -0.39 is 0 Å². The first kappa shape index (κ1) is 18.0. The summed E-state index contributed by atoms with van der Waals surface area (Å²) in [5, 5.41) is 8.58. The van der Waals surface area contributed by atoms with E-state index in [9.17, 15) is 9.18 Å². The molecule has 0 unspecified atom stereocenters. The Morgan fingerprint density at radius 2 is 2.10 bits per heavy atom. The Hall–Kier alpha value is -3.03. The highest BCUT2D eigenvalue weighted by molar-refractivity contribution is 5.79. The van der Waals surface area contributed by atoms with Crippen LogP contribution >= 0.6 is 0 Å². The van der Waals surface area contributed by atoms with Crippen LogP contribution in [-0.2, 0) is 24.8 Å². The molecule has 0 N–H and O–H groups in total. The number of benzene rings is 1. The van der Waals surface area contributed by atoms with Gasteiger partial charge in [-0.25, -0.2) is 4.39 Å². The number of nitrogens with zero attached hydrogens (tertiary/aromatic N) is 5. The molecular formula is C21H22FN5O2. The van der Waals surface area contributed by atoms with Gasteiger partial charge in [-0.1, -0.05) is 30.1 Å². The Morgan fingerprint density at radius 3 is 2.90 bits per heavy atom. The molecule has 1 fully saturated rings. The highest BCUT2D eigenvalue weighted by Crippen LogP contribution is 2.33. The van der Waals surface area contributed by atoms with Gasteiger partial charge in [0.2, 0.25) is 11.7 Å². The average Bonchev–Trinajstić information content (AvgIpc) is 3.48. The number of halogens is 1. The molecule has 5 rings (SSSR count). The van der Waals surface area contributed by atoms with E-state index >= 15 is 0 Å². The molecule has 1 aromatic carbocycles. The summed E-state index contributed by atoms with van der Waals surface area (Å²) in [6.45, 7) is 1.21. The van der Waals surface area contributed by atoms with Crippen molar-refractivity contribution in [2.24, 2.45) is 13.0 Å². The standard InChI is InChI=1S/C21H22FN5O2/c1-26-17-9-10-27(21(28)13-5-2-3-6-13)12-16(17)18(24-26)20-23-19(25-29-20)14-7-4-8-15(22)11-14/h4,7-8,11,13H,2-3,5-6,9-10,12H2,1H3. The summed E-state index contributed by atoms with van der Waals surface area (Å²) in [7, 11) is 1.89. The van der Waals surface area contributed by atoms with Crippen molar-refractivity contribution in [3.63, 3.8) is 0 Å². The first-order valence-corrected chi connectivity index (χ1v) is 10.0. The summed E-state index contributed by atoms with van der Waals surface area (Å²) in [4.78, 5) is 19.3. The summed E-state index contributed by atoms with van der Waals surface area (Å²) in [5.74, 6) is 0.642. The third kappa shape index (κ3) is 3.22. The van der Waals surface area contributed by atoms with Gasteiger partial charge >= 0.3 is 0 Å². The second kappa shape index (κ2) is 7.09. The number of rotatable bonds is 3. The number of hydrogen-bond donors (Lipinski definition) is 0. The van der Waals surface area contributed by atoms with E-state index in [4.69, 9.17) is 4.52 Å². The van der Waals surface area contributed by atoms with Crippen LogP contribution in [0, 0.1) is 11.7 Å². The molecule has 3 aromatic rings. The van der Waals surface area contributed by atoms with E-state index in [1.54, 1.807) is 12.1 Å². The van der Waals surface area contributed by atoms with Gasteiger partial charge in [0.05, 0.1) is 0 Å². The van der Waals surface area contributed by atoms with Crippen molar-refractivity contribution in [2.45, 2.75) is 38.6 Å². The molecule has 7 nitrogen and oxygen atoms in total. The van der Waals surface area contributed by atoms with Crippen LogP contribution in [0.2, 0.25) is 0 Å². The molecule has 1 aliphatic carbocycles. The lowest BCUT2D eigenvalue weighted by atomic mass is 10.0. The Bertz CT molecular complexity index is 1070. The molecule has 0 spiro atoms. The highest BCUT2D eigenvalue weighted by Gasteiger charge is 2.33. The highest BCUT2D eigenvalue weighted by atomic mass is 19.1. The quantitative estimate of drug-likeness (QED) is 0.680. The maximum atomic E-state index is 13.5. The van der Waals surface area contributed by atoms with Crippen molar-refractivity contribution in [1.29, 1.82) is 0 Å². The Morgan fingerprint density at radius 1 is 1.28 bits per heavy atom. The Kier molecular flexibility index (Phi) is 4.41. The second-order valence-electron chi connectivity index (χ2n) is 7.82. The molecule has 0 radical (unpaired) electrons. The van der Waals surface area contributed by atoms with Crippen LogP contribution in [0.15, 0.2) is 28.8 Å². The van der Waals surface area contributed by atoms with E-state index in [2.05, 4.69) is 15.2 Å². The van der Waals surface area contributed by atoms with Crippen molar-refractivity contribution in [2.75, 3.05) is 6.54 Å². The van der Waals surface area contributed by atoms with Gasteiger partial charge in [-0.05, 0) is 25.0 Å². The number of fused-ring (bicyclic) bond motifs is 1. The van der Waals surface area contributed by atoms with Crippen LogP contribution in [0.25, 0.3) is 23.0 Å². The third-order valence-electron chi connectivity index (χ3n) is 5.97. The lowest BCUT2D eigenvalue weighted by molar-refractivity contribution is -0.136. The summed E-state index contributed by atoms with van der Waals surface area (Å²) in [6.07, 6.45) is 5.00. The van der Waals surface area contributed by atoms with Gasteiger partial charge in [0.1, 0.15) is 5.82 Å². The monoisotopic (exact) mass is 395 g/mol. The van der Waals surface area contributed by atoms with Crippen molar-refractivity contribution in [3.8, 4) is 23.0 Å². The van der Waals surface area contributed by atoms with Gasteiger partial charge in [-0.2, -0.15) is 10.1 Å². The minimum Gasteiger partial charge on any atom is -0.338 e. The molecule has 0 saturated heterocycles. The predicted octanol–water partition coefficient (Wildman–Crippen LogP) is 3.35. The molecule has 1 amide bonds. The first-order chi connectivity index (χ1) is 14.1. The van der Waals surface area contributed by atoms with Crippen LogP contribution in [0.4, 0.5) is 4.39 Å². The molecular weight excluding hydrogens is 373 g/mol. The minimum atomic E-state index is -0.356. The SMILES string of the molecule is Cn1nc(-c2nc(-c3cccc(F)c3)no2)c2c1CCN(C(=O)C1CCCC1)C2. The van der Waals surface area contributed by atoms with Gasteiger partial charge < -0.3 is 9.42 Å². The van der Waals surface area contributed by atoms with Gasteiger partial charge in [-0.15, -0.1) is 0 Å². The van der Waals surface area contributed by atoms with E-state index in [0.29, 0.717) is 30.2 Å². The zero-order valence-electron chi connectivity index (χ0n) is 16.3. The predicted molar refractivity (Wildman–Crippen MR) is 103 cm³/mol. The average molecular weight is 395 g/mol. The van der Waals surface area contributed by atoms with Crippen molar-refractivity contribution >= 4 is 5.91 Å². The largest absolute Gasteiger partial charge is 0.338 e. The number of hydrogen-bond acceptors (Lipinski definition) is 5. The van der Waals surface area contributed by atoms with Gasteiger partial charge in [-0.3, -0.25) is 9.48 Å². The fourth-order valence-corrected chi connectivity index (χ4v) is 4.45. The Balaban J connectivity index is 1.45.